The first kappa shape index (κ1) is 14.7. The Balaban J connectivity index is 2.42. The predicted molar refractivity (Wildman–Crippen MR) is 72.5 cm³/mol. The van der Waals surface area contributed by atoms with Crippen LogP contribution in [0.2, 0.25) is 0 Å². The number of nitro groups is 1. The lowest BCUT2D eigenvalue weighted by Crippen LogP contribution is -2.15. The van der Waals surface area contributed by atoms with Crippen LogP contribution in [0, 0.1) is 15.9 Å². The van der Waals surface area contributed by atoms with Crippen LogP contribution in [-0.2, 0) is 10.0 Å². The molecular weight excluding hydrogens is 303 g/mol. The van der Waals surface area contributed by atoms with E-state index in [1.165, 1.54) is 12.1 Å². The summed E-state index contributed by atoms with van der Waals surface area (Å²) in [6.07, 6.45) is 1.93. The number of nitrogens with two attached hydrogens (primary N) is 1. The average Bonchev–Trinajstić information content (AvgIpc) is 2.40. The Kier molecular flexibility index (Phi) is 3.72. The molecule has 10 heteroatoms. The normalized spacial score (nSPS) is 11.1. The molecule has 21 heavy (non-hydrogen) atoms. The van der Waals surface area contributed by atoms with Crippen LogP contribution >= 0.6 is 0 Å². The Morgan fingerprint density at radius 1 is 1.33 bits per heavy atom. The van der Waals surface area contributed by atoms with Crippen molar-refractivity contribution in [1.82, 2.24) is 4.98 Å². The molecule has 0 aliphatic rings. The number of benzene rings is 1. The first-order chi connectivity index (χ1) is 9.81. The van der Waals surface area contributed by atoms with Crippen molar-refractivity contribution in [2.24, 2.45) is 0 Å². The summed E-state index contributed by atoms with van der Waals surface area (Å²) in [5.41, 5.74) is 4.35. The van der Waals surface area contributed by atoms with Gasteiger partial charge in [-0.1, -0.05) is 6.07 Å². The Hall–Kier alpha value is -2.75. The Morgan fingerprint density at radius 3 is 2.67 bits per heavy atom. The Labute approximate surface area is 118 Å². The van der Waals surface area contributed by atoms with Gasteiger partial charge < -0.3 is 5.73 Å². The minimum absolute atomic E-state index is 0.256. The van der Waals surface area contributed by atoms with Crippen LogP contribution in [0.1, 0.15) is 0 Å². The van der Waals surface area contributed by atoms with Gasteiger partial charge in [0.25, 0.3) is 10.0 Å². The van der Waals surface area contributed by atoms with E-state index in [4.69, 9.17) is 5.73 Å². The molecule has 1 aromatic heterocycles. The third-order valence-corrected chi connectivity index (χ3v) is 3.88. The summed E-state index contributed by atoms with van der Waals surface area (Å²) in [5.74, 6) is -0.733. The van der Waals surface area contributed by atoms with Crippen molar-refractivity contribution in [2.75, 3.05) is 10.5 Å². The quantitative estimate of drug-likeness (QED) is 0.650. The van der Waals surface area contributed by atoms with Gasteiger partial charge in [0, 0.05) is 0 Å². The van der Waals surface area contributed by atoms with Crippen LogP contribution in [0.3, 0.4) is 0 Å². The average molecular weight is 312 g/mol. The van der Waals surface area contributed by atoms with E-state index >= 15 is 0 Å². The van der Waals surface area contributed by atoms with Gasteiger partial charge in [0.15, 0.2) is 0 Å². The molecule has 3 N–H and O–H groups in total. The molecule has 0 aliphatic heterocycles. The van der Waals surface area contributed by atoms with Gasteiger partial charge in [0.1, 0.15) is 17.7 Å². The molecule has 0 radical (unpaired) electrons. The maximum atomic E-state index is 13.1. The first-order valence-electron chi connectivity index (χ1n) is 5.47. The molecule has 0 unspecified atom stereocenters. The molecular formula is C11H9FN4O4S. The fourth-order valence-electron chi connectivity index (χ4n) is 1.52. The van der Waals surface area contributed by atoms with Crippen LogP contribution < -0.4 is 10.5 Å². The largest absolute Gasteiger partial charge is 0.391 e. The van der Waals surface area contributed by atoms with E-state index in [2.05, 4.69) is 4.98 Å². The van der Waals surface area contributed by atoms with Crippen LogP contribution in [0.4, 0.5) is 21.5 Å². The lowest BCUT2D eigenvalue weighted by atomic mass is 10.3. The van der Waals surface area contributed by atoms with Crippen molar-refractivity contribution in [3.63, 3.8) is 0 Å². The lowest BCUT2D eigenvalue weighted by Gasteiger charge is -2.09. The zero-order valence-corrected chi connectivity index (χ0v) is 11.2. The van der Waals surface area contributed by atoms with E-state index in [0.29, 0.717) is 0 Å². The van der Waals surface area contributed by atoms with Crippen molar-refractivity contribution < 1.29 is 17.7 Å². The number of halogens is 1. The van der Waals surface area contributed by atoms with Gasteiger partial charge in [-0.25, -0.2) is 12.8 Å². The number of nitrogens with zero attached hydrogens (tertiary/aromatic N) is 2. The van der Waals surface area contributed by atoms with Crippen molar-refractivity contribution >= 4 is 27.1 Å². The van der Waals surface area contributed by atoms with E-state index in [0.717, 1.165) is 24.5 Å². The monoisotopic (exact) mass is 312 g/mol. The second kappa shape index (κ2) is 5.32. The molecule has 0 bridgehead atoms. The number of hydrogen-bond donors (Lipinski definition) is 2. The van der Waals surface area contributed by atoms with Crippen molar-refractivity contribution in [3.8, 4) is 0 Å². The van der Waals surface area contributed by atoms with Gasteiger partial charge in [-0.2, -0.15) is 0 Å². The molecule has 8 nitrogen and oxygen atoms in total. The fraction of sp³-hybridized carbons (Fsp3) is 0. The SMILES string of the molecule is Nc1c(NS(=O)(=O)c2cccc(F)c2)cncc1[N+](=O)[O-]. The first-order valence-corrected chi connectivity index (χ1v) is 6.96. The molecule has 0 atom stereocenters. The van der Waals surface area contributed by atoms with E-state index in [9.17, 15) is 22.9 Å². The zero-order chi connectivity index (χ0) is 15.6. The third kappa shape index (κ3) is 3.05. The topological polar surface area (TPSA) is 128 Å². The Morgan fingerprint density at radius 2 is 2.05 bits per heavy atom. The number of anilines is 2. The van der Waals surface area contributed by atoms with Crippen molar-refractivity contribution in [2.45, 2.75) is 4.90 Å². The summed E-state index contributed by atoms with van der Waals surface area (Å²) < 4.78 is 39.2. The highest BCUT2D eigenvalue weighted by Gasteiger charge is 2.21. The molecule has 0 amide bonds. The lowest BCUT2D eigenvalue weighted by molar-refractivity contribution is -0.384. The van der Waals surface area contributed by atoms with E-state index in [1.807, 2.05) is 4.72 Å². The number of nitrogens with one attached hydrogen (secondary N) is 1. The molecule has 0 fully saturated rings. The molecule has 2 rings (SSSR count). The molecule has 2 aromatic rings. The number of nitrogen functional groups attached to an aromatic ring is 1. The summed E-state index contributed by atoms with van der Waals surface area (Å²) >= 11 is 0. The number of aromatic nitrogens is 1. The third-order valence-electron chi connectivity index (χ3n) is 2.51. The molecule has 1 aromatic carbocycles. The zero-order valence-electron chi connectivity index (χ0n) is 10.4. The number of sulfonamides is 1. The second-order valence-electron chi connectivity index (χ2n) is 3.94. The summed E-state index contributed by atoms with van der Waals surface area (Å²) in [5, 5.41) is 10.7. The van der Waals surface area contributed by atoms with Crippen LogP contribution in [0.25, 0.3) is 0 Å². The molecule has 0 saturated carbocycles. The minimum Gasteiger partial charge on any atom is -0.391 e. The summed E-state index contributed by atoms with van der Waals surface area (Å²) in [6.45, 7) is 0. The van der Waals surface area contributed by atoms with Crippen LogP contribution in [0.15, 0.2) is 41.6 Å². The standard InChI is InChI=1S/C11H9FN4O4S/c12-7-2-1-3-8(4-7)21(19,20)15-9-5-14-6-10(11(9)13)16(17)18/h1-6,15H,(H2,13,14). The highest BCUT2D eigenvalue weighted by Crippen LogP contribution is 2.29. The van der Waals surface area contributed by atoms with Gasteiger partial charge in [0.2, 0.25) is 0 Å². The maximum Gasteiger partial charge on any atom is 0.312 e. The van der Waals surface area contributed by atoms with Crippen LogP contribution in [0.5, 0.6) is 0 Å². The molecule has 1 heterocycles. The molecule has 0 spiro atoms. The van der Waals surface area contributed by atoms with E-state index < -0.39 is 26.5 Å². The molecule has 0 saturated heterocycles. The molecule has 0 aliphatic carbocycles. The van der Waals surface area contributed by atoms with Crippen LogP contribution in [-0.4, -0.2) is 18.3 Å². The van der Waals surface area contributed by atoms with Gasteiger partial charge in [-0.3, -0.25) is 19.8 Å². The molecule has 110 valence electrons. The van der Waals surface area contributed by atoms with E-state index in [1.54, 1.807) is 0 Å². The van der Waals surface area contributed by atoms with Gasteiger partial charge in [-0.05, 0) is 18.2 Å². The van der Waals surface area contributed by atoms with E-state index in [-0.39, 0.29) is 16.3 Å². The summed E-state index contributed by atoms with van der Waals surface area (Å²) in [7, 11) is -4.13. The highest BCUT2D eigenvalue weighted by atomic mass is 32.2. The highest BCUT2D eigenvalue weighted by molar-refractivity contribution is 7.92. The smallest absolute Gasteiger partial charge is 0.312 e. The summed E-state index contributed by atoms with van der Waals surface area (Å²) in [4.78, 5) is 13.1. The number of rotatable bonds is 4. The Bertz CT molecular complexity index is 810. The van der Waals surface area contributed by atoms with Gasteiger partial charge in [0.05, 0.1) is 21.7 Å². The number of pyridine rings is 1. The van der Waals surface area contributed by atoms with Crippen molar-refractivity contribution in [3.05, 3.63) is 52.6 Å². The second-order valence-corrected chi connectivity index (χ2v) is 5.62. The summed E-state index contributed by atoms with van der Waals surface area (Å²) in [6, 6.07) is 4.29. The number of hydrogen-bond acceptors (Lipinski definition) is 6. The predicted octanol–water partition coefficient (Wildman–Crippen LogP) is 1.51. The minimum atomic E-state index is -4.13. The van der Waals surface area contributed by atoms with Gasteiger partial charge >= 0.3 is 5.69 Å². The van der Waals surface area contributed by atoms with Crippen molar-refractivity contribution in [1.29, 1.82) is 0 Å². The van der Waals surface area contributed by atoms with Gasteiger partial charge in [-0.15, -0.1) is 0 Å². The maximum absolute atomic E-state index is 13.1. The fourth-order valence-corrected chi connectivity index (χ4v) is 2.62.